The molecule has 0 spiro atoms. The first-order valence-corrected chi connectivity index (χ1v) is 10.2. The summed E-state index contributed by atoms with van der Waals surface area (Å²) in [6.45, 7) is 7.83. The van der Waals surface area contributed by atoms with E-state index in [4.69, 9.17) is 4.74 Å². The number of para-hydroxylation sites is 1. The molecule has 1 unspecified atom stereocenters. The molecule has 0 saturated heterocycles. The zero-order valence-corrected chi connectivity index (χ0v) is 17.7. The van der Waals surface area contributed by atoms with E-state index < -0.39 is 0 Å². The molecule has 0 aliphatic carbocycles. The number of hydrogen-bond donors (Lipinski definition) is 0. The second-order valence-electron chi connectivity index (χ2n) is 8.79. The quantitative estimate of drug-likeness (QED) is 0.366. The van der Waals surface area contributed by atoms with Crippen molar-refractivity contribution in [2.24, 2.45) is 5.41 Å². The van der Waals surface area contributed by atoms with Crippen molar-refractivity contribution >= 4 is 10.9 Å². The summed E-state index contributed by atoms with van der Waals surface area (Å²) >= 11 is 0. The van der Waals surface area contributed by atoms with Crippen molar-refractivity contribution < 1.29 is 4.74 Å². The molecule has 0 aliphatic heterocycles. The van der Waals surface area contributed by atoms with Crippen LogP contribution in [0.25, 0.3) is 10.9 Å². The van der Waals surface area contributed by atoms with Crippen LogP contribution in [0.3, 0.4) is 0 Å². The lowest BCUT2D eigenvalue weighted by Crippen LogP contribution is -2.19. The number of fused-ring (bicyclic) bond motifs is 1. The number of benzene rings is 3. The van der Waals surface area contributed by atoms with Gasteiger partial charge in [0.2, 0.25) is 0 Å². The van der Waals surface area contributed by atoms with Crippen LogP contribution in [0.1, 0.15) is 43.4 Å². The minimum Gasteiger partial charge on any atom is -0.497 e. The zero-order valence-electron chi connectivity index (χ0n) is 17.7. The average molecular weight is 384 g/mol. The van der Waals surface area contributed by atoms with Gasteiger partial charge in [0.05, 0.1) is 7.11 Å². The van der Waals surface area contributed by atoms with Crippen LogP contribution in [0.2, 0.25) is 0 Å². The summed E-state index contributed by atoms with van der Waals surface area (Å²) < 4.78 is 7.91. The van der Waals surface area contributed by atoms with E-state index in [9.17, 15) is 0 Å². The third kappa shape index (κ3) is 3.93. The minimum absolute atomic E-state index is 0.0636. The third-order valence-corrected chi connectivity index (χ3v) is 5.62. The molecule has 0 bridgehead atoms. The molecule has 1 heterocycles. The van der Waals surface area contributed by atoms with Crippen LogP contribution in [0, 0.1) is 5.41 Å². The van der Waals surface area contributed by atoms with Crippen LogP contribution < -0.4 is 4.74 Å². The molecule has 2 nitrogen and oxygen atoms in total. The van der Waals surface area contributed by atoms with Crippen molar-refractivity contribution in [2.45, 2.75) is 33.2 Å². The lowest BCUT2D eigenvalue weighted by Gasteiger charge is -2.31. The van der Waals surface area contributed by atoms with Crippen LogP contribution >= 0.6 is 0 Å². The number of aromatic nitrogens is 1. The maximum atomic E-state index is 5.52. The van der Waals surface area contributed by atoms with E-state index in [0.717, 1.165) is 12.3 Å². The van der Waals surface area contributed by atoms with Crippen LogP contribution in [0.15, 0.2) is 85.1 Å². The summed E-state index contributed by atoms with van der Waals surface area (Å²) in [4.78, 5) is 0. The fourth-order valence-electron chi connectivity index (χ4n) is 4.38. The number of methoxy groups -OCH3 is 1. The van der Waals surface area contributed by atoms with E-state index in [1.54, 1.807) is 7.11 Å². The highest BCUT2D eigenvalue weighted by Crippen LogP contribution is 2.44. The molecule has 29 heavy (non-hydrogen) atoms. The van der Waals surface area contributed by atoms with Gasteiger partial charge >= 0.3 is 0 Å². The number of hydrogen-bond acceptors (Lipinski definition) is 1. The van der Waals surface area contributed by atoms with Crippen molar-refractivity contribution in [1.29, 1.82) is 0 Å². The first-order chi connectivity index (χ1) is 14.0. The van der Waals surface area contributed by atoms with Crippen molar-refractivity contribution in [2.75, 3.05) is 7.11 Å². The Morgan fingerprint density at radius 2 is 1.59 bits per heavy atom. The minimum atomic E-state index is 0.0636. The van der Waals surface area contributed by atoms with Crippen LogP contribution in [-0.4, -0.2) is 11.7 Å². The van der Waals surface area contributed by atoms with E-state index in [2.05, 4.69) is 104 Å². The van der Waals surface area contributed by atoms with Gasteiger partial charge in [0.15, 0.2) is 0 Å². The van der Waals surface area contributed by atoms with Crippen molar-refractivity contribution in [3.05, 3.63) is 102 Å². The predicted molar refractivity (Wildman–Crippen MR) is 122 cm³/mol. The summed E-state index contributed by atoms with van der Waals surface area (Å²) in [5.41, 5.74) is 5.32. The molecule has 3 aromatic carbocycles. The molecule has 148 valence electrons. The lowest BCUT2D eigenvalue weighted by molar-refractivity contribution is 0.357. The number of ether oxygens (including phenoxy) is 1. The van der Waals surface area contributed by atoms with Gasteiger partial charge in [-0.15, -0.1) is 0 Å². The second kappa shape index (κ2) is 7.79. The average Bonchev–Trinajstić information content (AvgIpc) is 3.06. The number of nitrogens with zero attached hydrogens (tertiary/aromatic N) is 1. The van der Waals surface area contributed by atoms with E-state index in [1.807, 2.05) is 6.07 Å². The topological polar surface area (TPSA) is 14.2 Å². The van der Waals surface area contributed by atoms with Crippen LogP contribution in [0.5, 0.6) is 5.75 Å². The highest BCUT2D eigenvalue weighted by molar-refractivity contribution is 5.85. The van der Waals surface area contributed by atoms with Gasteiger partial charge in [-0.2, -0.15) is 0 Å². The SMILES string of the molecule is COc1cccc(C(c2cn(Cc3ccccc3)c3ccccc23)C(C)(C)C)c1. The van der Waals surface area contributed by atoms with Crippen molar-refractivity contribution in [3.8, 4) is 5.75 Å². The van der Waals surface area contributed by atoms with Gasteiger partial charge in [0, 0.05) is 29.6 Å². The molecule has 0 fully saturated rings. The van der Waals surface area contributed by atoms with Crippen molar-refractivity contribution in [3.63, 3.8) is 0 Å². The molecule has 1 aromatic heterocycles. The molecule has 0 radical (unpaired) electrons. The Morgan fingerprint density at radius 1 is 0.862 bits per heavy atom. The number of rotatable bonds is 5. The largest absolute Gasteiger partial charge is 0.497 e. The van der Waals surface area contributed by atoms with Gasteiger partial charge in [-0.25, -0.2) is 0 Å². The van der Waals surface area contributed by atoms with E-state index >= 15 is 0 Å². The van der Waals surface area contributed by atoms with Gasteiger partial charge in [-0.1, -0.05) is 81.4 Å². The summed E-state index contributed by atoms with van der Waals surface area (Å²) in [6, 6.07) is 27.9. The molecule has 0 amide bonds. The lowest BCUT2D eigenvalue weighted by atomic mass is 9.72. The molecular weight excluding hydrogens is 354 g/mol. The summed E-state index contributed by atoms with van der Waals surface area (Å²) in [7, 11) is 1.73. The smallest absolute Gasteiger partial charge is 0.119 e. The Balaban J connectivity index is 1.88. The molecule has 0 saturated carbocycles. The van der Waals surface area contributed by atoms with E-state index in [0.29, 0.717) is 0 Å². The van der Waals surface area contributed by atoms with Gasteiger partial charge in [0.25, 0.3) is 0 Å². The maximum absolute atomic E-state index is 5.52. The molecule has 0 aliphatic rings. The Labute approximate surface area is 173 Å². The molecule has 0 N–H and O–H groups in total. The summed E-state index contributed by atoms with van der Waals surface area (Å²) in [5.74, 6) is 1.17. The summed E-state index contributed by atoms with van der Waals surface area (Å²) in [5, 5.41) is 1.33. The first kappa shape index (κ1) is 19.3. The van der Waals surface area contributed by atoms with E-state index in [-0.39, 0.29) is 11.3 Å². The molecule has 4 aromatic rings. The molecular formula is C27H29NO. The first-order valence-electron chi connectivity index (χ1n) is 10.2. The monoisotopic (exact) mass is 383 g/mol. The third-order valence-electron chi connectivity index (χ3n) is 5.62. The van der Waals surface area contributed by atoms with Crippen LogP contribution in [0.4, 0.5) is 0 Å². The Hall–Kier alpha value is -3.00. The fourth-order valence-corrected chi connectivity index (χ4v) is 4.38. The van der Waals surface area contributed by atoms with Gasteiger partial charge < -0.3 is 9.30 Å². The normalized spacial score (nSPS) is 12.8. The Kier molecular flexibility index (Phi) is 5.19. The van der Waals surface area contributed by atoms with Gasteiger partial charge in [0.1, 0.15) is 5.75 Å². The maximum Gasteiger partial charge on any atom is 0.119 e. The molecule has 1 atom stereocenters. The highest BCUT2D eigenvalue weighted by atomic mass is 16.5. The summed E-state index contributed by atoms with van der Waals surface area (Å²) in [6.07, 6.45) is 2.35. The molecule has 2 heteroatoms. The second-order valence-corrected chi connectivity index (χ2v) is 8.79. The van der Waals surface area contributed by atoms with Crippen molar-refractivity contribution in [1.82, 2.24) is 4.57 Å². The fraction of sp³-hybridized carbons (Fsp3) is 0.259. The van der Waals surface area contributed by atoms with Gasteiger partial charge in [-0.05, 0) is 40.3 Å². The standard InChI is InChI=1S/C27H29NO/c1-27(2,3)26(21-13-10-14-22(17-21)29-4)24-19-28(18-20-11-6-5-7-12-20)25-16-9-8-15-23(24)25/h5-17,19,26H,18H2,1-4H3. The highest BCUT2D eigenvalue weighted by Gasteiger charge is 2.31. The van der Waals surface area contributed by atoms with Gasteiger partial charge in [-0.3, -0.25) is 0 Å². The predicted octanol–water partition coefficient (Wildman–Crippen LogP) is 6.88. The van der Waals surface area contributed by atoms with E-state index in [1.165, 1.54) is 27.6 Å². The Morgan fingerprint density at radius 3 is 2.31 bits per heavy atom. The van der Waals surface area contributed by atoms with Crippen LogP contribution in [-0.2, 0) is 6.54 Å². The zero-order chi connectivity index (χ0) is 20.4. The Bertz CT molecular complexity index is 1100. The molecule has 4 rings (SSSR count).